The number of rotatable bonds is 4. The number of hydrogen-bond acceptors (Lipinski definition) is 3. The molecule has 0 aliphatic carbocycles. The fourth-order valence-electron chi connectivity index (χ4n) is 1.12. The lowest BCUT2D eigenvalue weighted by Crippen LogP contribution is -2.13. The van der Waals surface area contributed by atoms with Crippen molar-refractivity contribution in [3.05, 3.63) is 0 Å². The fraction of sp³-hybridized carbons (Fsp3) is 1.00. The van der Waals surface area contributed by atoms with E-state index in [9.17, 15) is 0 Å². The summed E-state index contributed by atoms with van der Waals surface area (Å²) in [5.41, 5.74) is 0. The summed E-state index contributed by atoms with van der Waals surface area (Å²) in [6, 6.07) is 0. The molecule has 0 saturated carbocycles. The Bertz CT molecular complexity index is 104. The van der Waals surface area contributed by atoms with E-state index < -0.39 is 0 Å². The van der Waals surface area contributed by atoms with Crippen LogP contribution in [-0.2, 0) is 0 Å². The average Bonchev–Trinajstić information content (AvgIpc) is 2.52. The zero-order chi connectivity index (χ0) is 8.10. The van der Waals surface area contributed by atoms with Gasteiger partial charge in [-0.2, -0.15) is 11.8 Å². The third-order valence-electron chi connectivity index (χ3n) is 1.94. The molecule has 66 valence electrons. The van der Waals surface area contributed by atoms with Gasteiger partial charge in [-0.3, -0.25) is 0 Å². The van der Waals surface area contributed by atoms with Crippen LogP contribution in [0.25, 0.3) is 0 Å². The lowest BCUT2D eigenvalue weighted by Gasteiger charge is -2.11. The summed E-state index contributed by atoms with van der Waals surface area (Å²) in [4.78, 5) is 0. The summed E-state index contributed by atoms with van der Waals surface area (Å²) in [5, 5.41) is 12.9. The third kappa shape index (κ3) is 3.45. The van der Waals surface area contributed by atoms with Gasteiger partial charge >= 0.3 is 0 Å². The molecule has 1 rings (SSSR count). The topological polar surface area (TPSA) is 32.3 Å². The molecular formula is C8H17NOS. The quantitative estimate of drug-likeness (QED) is 0.660. The largest absolute Gasteiger partial charge is 0.396 e. The molecule has 3 heteroatoms. The first-order valence-electron chi connectivity index (χ1n) is 4.26. The zero-order valence-electron chi connectivity index (χ0n) is 7.05. The summed E-state index contributed by atoms with van der Waals surface area (Å²) < 4.78 is 0. The molecule has 2 N–H and O–H groups in total. The van der Waals surface area contributed by atoms with E-state index in [2.05, 4.69) is 12.2 Å². The van der Waals surface area contributed by atoms with E-state index in [1.807, 2.05) is 11.8 Å². The fourth-order valence-corrected chi connectivity index (χ4v) is 2.35. The average molecular weight is 175 g/mol. The van der Waals surface area contributed by atoms with Crippen molar-refractivity contribution < 1.29 is 5.11 Å². The summed E-state index contributed by atoms with van der Waals surface area (Å²) in [7, 11) is 0. The first-order valence-corrected chi connectivity index (χ1v) is 5.31. The molecule has 11 heavy (non-hydrogen) atoms. The van der Waals surface area contributed by atoms with Gasteiger partial charge in [-0.15, -0.1) is 0 Å². The molecular weight excluding hydrogens is 158 g/mol. The molecule has 1 aliphatic heterocycles. The van der Waals surface area contributed by atoms with Crippen LogP contribution in [0.15, 0.2) is 0 Å². The lowest BCUT2D eigenvalue weighted by atomic mass is 10.2. The van der Waals surface area contributed by atoms with Crippen LogP contribution in [0.1, 0.15) is 13.3 Å². The molecule has 2 atom stereocenters. The van der Waals surface area contributed by atoms with Crippen molar-refractivity contribution >= 4 is 11.8 Å². The van der Waals surface area contributed by atoms with Crippen LogP contribution in [0.4, 0.5) is 0 Å². The van der Waals surface area contributed by atoms with Gasteiger partial charge in [0.2, 0.25) is 0 Å². The highest BCUT2D eigenvalue weighted by Gasteiger charge is 2.15. The predicted molar refractivity (Wildman–Crippen MR) is 50.0 cm³/mol. The van der Waals surface area contributed by atoms with Crippen LogP contribution in [0.3, 0.4) is 0 Å². The first kappa shape index (κ1) is 9.36. The Morgan fingerprint density at radius 3 is 3.09 bits per heavy atom. The van der Waals surface area contributed by atoms with Crippen molar-refractivity contribution in [2.45, 2.75) is 18.6 Å². The van der Waals surface area contributed by atoms with Crippen molar-refractivity contribution in [1.29, 1.82) is 0 Å². The van der Waals surface area contributed by atoms with Gasteiger partial charge in [-0.1, -0.05) is 6.92 Å². The van der Waals surface area contributed by atoms with Crippen molar-refractivity contribution in [2.24, 2.45) is 5.92 Å². The molecule has 1 saturated heterocycles. The van der Waals surface area contributed by atoms with E-state index >= 15 is 0 Å². The first-order chi connectivity index (χ1) is 5.33. The van der Waals surface area contributed by atoms with Crippen LogP contribution >= 0.6 is 11.8 Å². The molecule has 2 nitrogen and oxygen atoms in total. The second kappa shape index (κ2) is 5.01. The molecule has 0 aromatic heterocycles. The van der Waals surface area contributed by atoms with E-state index in [0.29, 0.717) is 12.5 Å². The van der Waals surface area contributed by atoms with Gasteiger partial charge in [0.05, 0.1) is 0 Å². The minimum atomic E-state index is 0.327. The number of thioether (sulfide) groups is 1. The van der Waals surface area contributed by atoms with Gasteiger partial charge < -0.3 is 10.4 Å². The zero-order valence-corrected chi connectivity index (χ0v) is 7.86. The Morgan fingerprint density at radius 1 is 1.73 bits per heavy atom. The third-order valence-corrected chi connectivity index (χ3v) is 3.58. The highest BCUT2D eigenvalue weighted by molar-refractivity contribution is 7.99. The highest BCUT2D eigenvalue weighted by Crippen LogP contribution is 2.19. The highest BCUT2D eigenvalue weighted by atomic mass is 32.2. The van der Waals surface area contributed by atoms with Crippen molar-refractivity contribution in [3.63, 3.8) is 0 Å². The minimum Gasteiger partial charge on any atom is -0.396 e. The molecule has 2 unspecified atom stereocenters. The van der Waals surface area contributed by atoms with E-state index in [0.717, 1.165) is 17.5 Å². The lowest BCUT2D eigenvalue weighted by molar-refractivity contribution is 0.250. The van der Waals surface area contributed by atoms with Crippen LogP contribution in [0, 0.1) is 5.92 Å². The predicted octanol–water partition coefficient (Wildman–Crippen LogP) is 0.710. The van der Waals surface area contributed by atoms with Gasteiger partial charge in [0.25, 0.3) is 0 Å². The van der Waals surface area contributed by atoms with Gasteiger partial charge in [0.15, 0.2) is 0 Å². The Balaban J connectivity index is 2.01. The van der Waals surface area contributed by atoms with E-state index in [1.54, 1.807) is 0 Å². The van der Waals surface area contributed by atoms with Gasteiger partial charge in [-0.05, 0) is 24.6 Å². The number of nitrogens with one attached hydrogen (secondary N) is 1. The van der Waals surface area contributed by atoms with E-state index in [-0.39, 0.29) is 0 Å². The maximum absolute atomic E-state index is 8.78. The Hall–Kier alpha value is 0.270. The van der Waals surface area contributed by atoms with E-state index in [4.69, 9.17) is 5.11 Å². The monoisotopic (exact) mass is 175 g/mol. The molecule has 1 heterocycles. The molecule has 0 spiro atoms. The smallest absolute Gasteiger partial charge is 0.0464 e. The van der Waals surface area contributed by atoms with Gasteiger partial charge in [-0.25, -0.2) is 0 Å². The van der Waals surface area contributed by atoms with Crippen molar-refractivity contribution in [3.8, 4) is 0 Å². The summed E-state index contributed by atoms with van der Waals surface area (Å²) >= 11 is 1.99. The van der Waals surface area contributed by atoms with Crippen LogP contribution in [0.2, 0.25) is 0 Å². The number of hydrogen-bond donors (Lipinski definition) is 2. The van der Waals surface area contributed by atoms with E-state index in [1.165, 1.54) is 13.0 Å². The van der Waals surface area contributed by atoms with Crippen LogP contribution < -0.4 is 5.32 Å². The second-order valence-electron chi connectivity index (χ2n) is 3.24. The molecule has 0 bridgehead atoms. The minimum absolute atomic E-state index is 0.327. The SMILES string of the molecule is CC(CO)CSC1CCNC1. The second-order valence-corrected chi connectivity index (χ2v) is 4.57. The molecule has 1 fully saturated rings. The Morgan fingerprint density at radius 2 is 2.55 bits per heavy atom. The van der Waals surface area contributed by atoms with Crippen molar-refractivity contribution in [1.82, 2.24) is 5.32 Å². The standard InChI is InChI=1S/C8H17NOS/c1-7(5-10)6-11-8-2-3-9-4-8/h7-10H,2-6H2,1H3. The molecule has 0 aromatic rings. The van der Waals surface area contributed by atoms with Gasteiger partial charge in [0.1, 0.15) is 0 Å². The maximum Gasteiger partial charge on any atom is 0.0464 e. The summed E-state index contributed by atoms with van der Waals surface area (Å²) in [6.07, 6.45) is 1.29. The molecule has 0 amide bonds. The van der Waals surface area contributed by atoms with Gasteiger partial charge in [0, 0.05) is 18.4 Å². The Labute approximate surface area is 72.8 Å². The maximum atomic E-state index is 8.78. The molecule has 0 radical (unpaired) electrons. The summed E-state index contributed by atoms with van der Waals surface area (Å²) in [6.45, 7) is 4.75. The number of aliphatic hydroxyl groups is 1. The van der Waals surface area contributed by atoms with Crippen LogP contribution in [0.5, 0.6) is 0 Å². The van der Waals surface area contributed by atoms with Crippen molar-refractivity contribution in [2.75, 3.05) is 25.4 Å². The molecule has 1 aliphatic rings. The summed E-state index contributed by atoms with van der Waals surface area (Å²) in [5.74, 6) is 1.56. The molecule has 0 aromatic carbocycles. The Kier molecular flexibility index (Phi) is 4.26. The van der Waals surface area contributed by atoms with Crippen LogP contribution in [-0.4, -0.2) is 35.8 Å². The number of aliphatic hydroxyl groups excluding tert-OH is 1. The normalized spacial score (nSPS) is 27.3.